The van der Waals surface area contributed by atoms with Gasteiger partial charge in [-0.3, -0.25) is 0 Å². The minimum Gasteiger partial charge on any atom is -0.382 e. The van der Waals surface area contributed by atoms with E-state index in [1.54, 1.807) is 6.20 Å². The first-order valence-corrected chi connectivity index (χ1v) is 5.98. The maximum Gasteiger partial charge on any atom is 0.120 e. The van der Waals surface area contributed by atoms with Crippen LogP contribution in [0.3, 0.4) is 0 Å². The summed E-state index contributed by atoms with van der Waals surface area (Å²) in [5, 5.41) is 5.74. The number of pyridine rings is 1. The fourth-order valence-corrected chi connectivity index (χ4v) is 2.67. The maximum absolute atomic E-state index is 5.86. The lowest BCUT2D eigenvalue weighted by Gasteiger charge is -2.27. The van der Waals surface area contributed by atoms with E-state index in [-0.39, 0.29) is 0 Å². The van der Waals surface area contributed by atoms with Crippen molar-refractivity contribution in [3.8, 4) is 0 Å². The molecule has 0 fully saturated rings. The zero-order valence-corrected chi connectivity index (χ0v) is 9.82. The molecule has 2 nitrogen and oxygen atoms in total. The quantitative estimate of drug-likeness (QED) is 0.799. The van der Waals surface area contributed by atoms with E-state index in [4.69, 9.17) is 11.6 Å². The fourth-order valence-electron chi connectivity index (χ4n) is 1.41. The minimum atomic E-state index is 0.608. The van der Waals surface area contributed by atoms with E-state index in [2.05, 4.69) is 24.1 Å². The van der Waals surface area contributed by atoms with E-state index in [0.717, 1.165) is 17.3 Å². The number of fused-ring (bicyclic) bond motifs is 1. The van der Waals surface area contributed by atoms with Gasteiger partial charge >= 0.3 is 0 Å². The van der Waals surface area contributed by atoms with Crippen molar-refractivity contribution in [2.24, 2.45) is 5.92 Å². The first kappa shape index (κ1) is 10.1. The highest BCUT2D eigenvalue weighted by Crippen LogP contribution is 2.36. The number of halogens is 1. The van der Waals surface area contributed by atoms with Gasteiger partial charge in [0.15, 0.2) is 0 Å². The predicted octanol–water partition coefficient (Wildman–Crippen LogP) is 3.28. The molecular formula is C10H13ClN2S. The van der Waals surface area contributed by atoms with Crippen molar-refractivity contribution in [2.45, 2.75) is 24.1 Å². The largest absolute Gasteiger partial charge is 0.382 e. The SMILES string of the molecule is CC(C)C1CNc2cc(Cl)cnc2S1. The highest BCUT2D eigenvalue weighted by molar-refractivity contribution is 8.00. The van der Waals surface area contributed by atoms with Crippen molar-refractivity contribution in [3.05, 3.63) is 17.3 Å². The van der Waals surface area contributed by atoms with Crippen molar-refractivity contribution < 1.29 is 0 Å². The second kappa shape index (κ2) is 3.99. The fraction of sp³-hybridized carbons (Fsp3) is 0.500. The Labute approximate surface area is 93.4 Å². The summed E-state index contributed by atoms with van der Waals surface area (Å²) in [6.45, 7) is 5.47. The van der Waals surface area contributed by atoms with Crippen LogP contribution in [0.5, 0.6) is 0 Å². The zero-order chi connectivity index (χ0) is 10.1. The Bertz CT molecular complexity index is 341. The first-order valence-electron chi connectivity index (χ1n) is 4.73. The van der Waals surface area contributed by atoms with Crippen LogP contribution in [0.1, 0.15) is 13.8 Å². The molecule has 14 heavy (non-hydrogen) atoms. The summed E-state index contributed by atoms with van der Waals surface area (Å²) in [5.74, 6) is 0.665. The van der Waals surface area contributed by atoms with Crippen molar-refractivity contribution in [2.75, 3.05) is 11.9 Å². The molecular weight excluding hydrogens is 216 g/mol. The monoisotopic (exact) mass is 228 g/mol. The van der Waals surface area contributed by atoms with Crippen LogP contribution < -0.4 is 5.32 Å². The lowest BCUT2D eigenvalue weighted by molar-refractivity contribution is 0.618. The summed E-state index contributed by atoms with van der Waals surface area (Å²) >= 11 is 7.71. The molecule has 1 unspecified atom stereocenters. The van der Waals surface area contributed by atoms with Gasteiger partial charge in [-0.2, -0.15) is 0 Å². The molecule has 1 aliphatic rings. The summed E-state index contributed by atoms with van der Waals surface area (Å²) in [4.78, 5) is 4.32. The average molecular weight is 229 g/mol. The van der Waals surface area contributed by atoms with Gasteiger partial charge in [0.1, 0.15) is 5.03 Å². The van der Waals surface area contributed by atoms with E-state index in [9.17, 15) is 0 Å². The number of thioether (sulfide) groups is 1. The van der Waals surface area contributed by atoms with Gasteiger partial charge in [-0.1, -0.05) is 37.2 Å². The summed E-state index contributed by atoms with van der Waals surface area (Å²) in [5.41, 5.74) is 1.07. The Morgan fingerprint density at radius 3 is 3.14 bits per heavy atom. The third-order valence-electron chi connectivity index (χ3n) is 2.32. The molecule has 0 amide bonds. The highest BCUT2D eigenvalue weighted by atomic mass is 35.5. The second-order valence-electron chi connectivity index (χ2n) is 3.79. The van der Waals surface area contributed by atoms with Gasteiger partial charge in [0.2, 0.25) is 0 Å². The smallest absolute Gasteiger partial charge is 0.120 e. The molecule has 0 spiro atoms. The second-order valence-corrected chi connectivity index (χ2v) is 5.45. The highest BCUT2D eigenvalue weighted by Gasteiger charge is 2.22. The number of nitrogens with zero attached hydrogens (tertiary/aromatic N) is 1. The van der Waals surface area contributed by atoms with Crippen LogP contribution in [0.15, 0.2) is 17.3 Å². The zero-order valence-electron chi connectivity index (χ0n) is 8.25. The summed E-state index contributed by atoms with van der Waals surface area (Å²) in [6, 6.07) is 1.94. The van der Waals surface area contributed by atoms with Gasteiger partial charge in [0, 0.05) is 18.0 Å². The maximum atomic E-state index is 5.86. The van der Waals surface area contributed by atoms with Crippen LogP contribution in [0.4, 0.5) is 5.69 Å². The summed E-state index contributed by atoms with van der Waals surface area (Å²) in [7, 11) is 0. The normalized spacial score (nSPS) is 20.4. The molecule has 0 radical (unpaired) electrons. The van der Waals surface area contributed by atoms with Crippen molar-refractivity contribution in [3.63, 3.8) is 0 Å². The molecule has 2 heterocycles. The van der Waals surface area contributed by atoms with Gasteiger partial charge in [0.25, 0.3) is 0 Å². The van der Waals surface area contributed by atoms with Crippen molar-refractivity contribution in [1.29, 1.82) is 0 Å². The van der Waals surface area contributed by atoms with E-state index in [1.807, 2.05) is 17.8 Å². The van der Waals surface area contributed by atoms with Crippen LogP contribution in [0.25, 0.3) is 0 Å². The molecule has 1 aromatic heterocycles. The number of anilines is 1. The molecule has 1 atom stereocenters. The van der Waals surface area contributed by atoms with E-state index < -0.39 is 0 Å². The molecule has 0 aliphatic carbocycles. The Kier molecular flexibility index (Phi) is 2.88. The van der Waals surface area contributed by atoms with Gasteiger partial charge in [-0.05, 0) is 12.0 Å². The third-order valence-corrected chi connectivity index (χ3v) is 4.09. The van der Waals surface area contributed by atoms with Crippen LogP contribution in [-0.2, 0) is 0 Å². The number of aromatic nitrogens is 1. The average Bonchev–Trinajstić information content (AvgIpc) is 2.16. The van der Waals surface area contributed by atoms with Crippen LogP contribution >= 0.6 is 23.4 Å². The van der Waals surface area contributed by atoms with Gasteiger partial charge < -0.3 is 5.32 Å². The van der Waals surface area contributed by atoms with Gasteiger partial charge in [-0.25, -0.2) is 4.98 Å². The van der Waals surface area contributed by atoms with Gasteiger partial charge in [-0.15, -0.1) is 0 Å². The summed E-state index contributed by atoms with van der Waals surface area (Å²) in [6.07, 6.45) is 1.71. The summed E-state index contributed by atoms with van der Waals surface area (Å²) < 4.78 is 0. The standard InChI is InChI=1S/C10H13ClN2S/c1-6(2)9-5-12-8-3-7(11)4-13-10(8)14-9/h3-4,6,9,12H,5H2,1-2H3. The lowest BCUT2D eigenvalue weighted by Crippen LogP contribution is -2.26. The van der Waals surface area contributed by atoms with Crippen LogP contribution in [-0.4, -0.2) is 16.8 Å². The van der Waals surface area contributed by atoms with E-state index in [1.165, 1.54) is 0 Å². The molecule has 1 N–H and O–H groups in total. The Hall–Kier alpha value is -0.410. The molecule has 4 heteroatoms. The van der Waals surface area contributed by atoms with Crippen molar-refractivity contribution >= 4 is 29.1 Å². The first-order chi connectivity index (χ1) is 6.66. The van der Waals surface area contributed by atoms with Crippen molar-refractivity contribution in [1.82, 2.24) is 4.98 Å². The molecule has 1 aromatic rings. The van der Waals surface area contributed by atoms with E-state index >= 15 is 0 Å². The van der Waals surface area contributed by atoms with Crippen LogP contribution in [0.2, 0.25) is 5.02 Å². The molecule has 1 aliphatic heterocycles. The minimum absolute atomic E-state index is 0.608. The van der Waals surface area contributed by atoms with Gasteiger partial charge in [0.05, 0.1) is 10.7 Å². The third kappa shape index (κ3) is 1.98. The molecule has 2 rings (SSSR count). The number of nitrogens with one attached hydrogen (secondary N) is 1. The number of hydrogen-bond donors (Lipinski definition) is 1. The number of hydrogen-bond acceptors (Lipinski definition) is 3. The van der Waals surface area contributed by atoms with E-state index in [0.29, 0.717) is 16.2 Å². The Morgan fingerprint density at radius 2 is 2.43 bits per heavy atom. The predicted molar refractivity (Wildman–Crippen MR) is 62.2 cm³/mol. The van der Waals surface area contributed by atoms with Crippen LogP contribution in [0, 0.1) is 5.92 Å². The molecule has 76 valence electrons. The topological polar surface area (TPSA) is 24.9 Å². The lowest BCUT2D eigenvalue weighted by atomic mass is 10.1. The number of rotatable bonds is 1. The molecule has 0 saturated carbocycles. The molecule has 0 aromatic carbocycles. The molecule has 0 saturated heterocycles. The molecule has 0 bridgehead atoms. The Morgan fingerprint density at radius 1 is 1.64 bits per heavy atom. The Balaban J connectivity index is 2.23.